The first-order chi connectivity index (χ1) is 3.55. The van der Waals surface area contributed by atoms with Crippen LogP contribution >= 0.6 is 0 Å². The van der Waals surface area contributed by atoms with Crippen LogP contribution < -0.4 is 5.84 Å². The van der Waals surface area contributed by atoms with Crippen molar-refractivity contribution in [3.63, 3.8) is 0 Å². The summed E-state index contributed by atoms with van der Waals surface area (Å²) in [7, 11) is 1.51. The summed E-state index contributed by atoms with van der Waals surface area (Å²) in [5.74, 6) is 4.18. The van der Waals surface area contributed by atoms with Crippen LogP contribution in [-0.4, -0.2) is 29.2 Å². The predicted octanol–water partition coefficient (Wildman–Crippen LogP) is -0.735. The molecule has 1 atom stereocenters. The number of carboxylic acid groups (broad SMARTS) is 1. The number of nitrogens with zero attached hydrogens (tertiary/aromatic N) is 1. The Morgan fingerprint density at radius 1 is 1.88 bits per heavy atom. The third-order valence-electron chi connectivity index (χ3n) is 0.968. The number of rotatable bonds is 2. The van der Waals surface area contributed by atoms with E-state index in [9.17, 15) is 4.79 Å². The molecule has 0 rings (SSSR count). The first-order valence-corrected chi connectivity index (χ1v) is 2.26. The Hall–Kier alpha value is -0.610. The average molecular weight is 118 g/mol. The lowest BCUT2D eigenvalue weighted by Crippen LogP contribution is -2.40. The predicted molar refractivity (Wildman–Crippen MR) is 29.0 cm³/mol. The van der Waals surface area contributed by atoms with Gasteiger partial charge in [0, 0.05) is 7.05 Å². The van der Waals surface area contributed by atoms with Crippen molar-refractivity contribution in [3.8, 4) is 0 Å². The monoisotopic (exact) mass is 118 g/mol. The van der Waals surface area contributed by atoms with Gasteiger partial charge in [-0.3, -0.25) is 10.6 Å². The molecule has 0 aliphatic heterocycles. The summed E-state index contributed by atoms with van der Waals surface area (Å²) in [5.41, 5.74) is 0. The number of hydrogen-bond acceptors (Lipinski definition) is 3. The standard InChI is InChI=1S/C4H10N2O2/c1-3(4(7)8)6(2)5/h3H,5H2,1-2H3,(H,7,8). The molecule has 8 heavy (non-hydrogen) atoms. The summed E-state index contributed by atoms with van der Waals surface area (Å²) in [6.45, 7) is 1.52. The first-order valence-electron chi connectivity index (χ1n) is 2.26. The molecule has 0 aromatic heterocycles. The van der Waals surface area contributed by atoms with E-state index in [2.05, 4.69) is 0 Å². The number of aliphatic carboxylic acids is 1. The maximum Gasteiger partial charge on any atom is 0.322 e. The molecule has 0 spiro atoms. The van der Waals surface area contributed by atoms with Gasteiger partial charge in [-0.15, -0.1) is 0 Å². The Bertz CT molecular complexity index is 92.0. The van der Waals surface area contributed by atoms with E-state index in [0.29, 0.717) is 0 Å². The molecule has 4 heteroatoms. The van der Waals surface area contributed by atoms with Gasteiger partial charge in [0.15, 0.2) is 0 Å². The molecular formula is C4H10N2O2. The highest BCUT2D eigenvalue weighted by Gasteiger charge is 2.11. The quantitative estimate of drug-likeness (QED) is 0.370. The van der Waals surface area contributed by atoms with E-state index in [0.717, 1.165) is 5.01 Å². The SMILES string of the molecule is CC(C(=O)O)N(C)N. The lowest BCUT2D eigenvalue weighted by atomic mass is 10.3. The van der Waals surface area contributed by atoms with Crippen molar-refractivity contribution in [2.45, 2.75) is 13.0 Å². The fourth-order valence-electron chi connectivity index (χ4n) is 0.174. The molecule has 0 aliphatic rings. The molecule has 0 heterocycles. The van der Waals surface area contributed by atoms with Gasteiger partial charge in [-0.25, -0.2) is 5.01 Å². The van der Waals surface area contributed by atoms with Crippen LogP contribution in [0.4, 0.5) is 0 Å². The van der Waals surface area contributed by atoms with Crippen LogP contribution in [-0.2, 0) is 4.79 Å². The summed E-state index contributed by atoms with van der Waals surface area (Å²) >= 11 is 0. The van der Waals surface area contributed by atoms with Crippen LogP contribution in [0.1, 0.15) is 6.92 Å². The van der Waals surface area contributed by atoms with Gasteiger partial charge in [-0.1, -0.05) is 0 Å². The minimum atomic E-state index is -0.907. The topological polar surface area (TPSA) is 66.6 Å². The summed E-state index contributed by atoms with van der Waals surface area (Å²) in [6, 6.07) is -0.602. The lowest BCUT2D eigenvalue weighted by Gasteiger charge is -2.13. The molecule has 0 aromatic carbocycles. The number of nitrogens with two attached hydrogens (primary N) is 1. The Morgan fingerprint density at radius 2 is 2.25 bits per heavy atom. The molecule has 0 bridgehead atoms. The summed E-state index contributed by atoms with van der Waals surface area (Å²) < 4.78 is 0. The maximum atomic E-state index is 10.0. The molecule has 4 nitrogen and oxygen atoms in total. The molecule has 0 aliphatic carbocycles. The Balaban J connectivity index is 3.64. The number of hydrazine groups is 1. The van der Waals surface area contributed by atoms with E-state index < -0.39 is 12.0 Å². The fourth-order valence-corrected chi connectivity index (χ4v) is 0.174. The molecule has 0 saturated carbocycles. The van der Waals surface area contributed by atoms with E-state index in [4.69, 9.17) is 10.9 Å². The zero-order valence-electron chi connectivity index (χ0n) is 4.96. The zero-order chi connectivity index (χ0) is 6.73. The Morgan fingerprint density at radius 3 is 2.25 bits per heavy atom. The van der Waals surface area contributed by atoms with Crippen molar-refractivity contribution in [2.75, 3.05) is 7.05 Å². The van der Waals surface area contributed by atoms with Gasteiger partial charge in [0.25, 0.3) is 0 Å². The van der Waals surface area contributed by atoms with Crippen molar-refractivity contribution >= 4 is 5.97 Å². The molecule has 3 N–H and O–H groups in total. The number of hydrogen-bond donors (Lipinski definition) is 2. The maximum absolute atomic E-state index is 10.0. The van der Waals surface area contributed by atoms with Gasteiger partial charge in [0.1, 0.15) is 6.04 Å². The average Bonchev–Trinajstić information content (AvgIpc) is 1.64. The van der Waals surface area contributed by atoms with Gasteiger partial charge in [0.2, 0.25) is 0 Å². The molecular weight excluding hydrogens is 108 g/mol. The van der Waals surface area contributed by atoms with Gasteiger partial charge < -0.3 is 5.11 Å². The van der Waals surface area contributed by atoms with Gasteiger partial charge in [-0.2, -0.15) is 0 Å². The number of likely N-dealkylation sites (N-methyl/N-ethyl adjacent to an activating group) is 1. The highest BCUT2D eigenvalue weighted by Crippen LogP contribution is 1.85. The molecule has 48 valence electrons. The molecule has 1 unspecified atom stereocenters. The molecule has 0 amide bonds. The van der Waals surface area contributed by atoms with E-state index in [1.807, 2.05) is 0 Å². The van der Waals surface area contributed by atoms with E-state index in [-0.39, 0.29) is 0 Å². The molecule has 0 aromatic rings. The number of carboxylic acids is 1. The zero-order valence-corrected chi connectivity index (χ0v) is 4.96. The fraction of sp³-hybridized carbons (Fsp3) is 0.750. The van der Waals surface area contributed by atoms with Crippen LogP contribution in [0.25, 0.3) is 0 Å². The van der Waals surface area contributed by atoms with Crippen LogP contribution in [0.3, 0.4) is 0 Å². The van der Waals surface area contributed by atoms with E-state index in [1.54, 1.807) is 0 Å². The minimum absolute atomic E-state index is 0.602. The van der Waals surface area contributed by atoms with Crippen LogP contribution in [0.5, 0.6) is 0 Å². The van der Waals surface area contributed by atoms with E-state index in [1.165, 1.54) is 14.0 Å². The van der Waals surface area contributed by atoms with Crippen LogP contribution in [0.2, 0.25) is 0 Å². The second kappa shape index (κ2) is 2.64. The third-order valence-corrected chi connectivity index (χ3v) is 0.968. The third kappa shape index (κ3) is 1.90. The van der Waals surface area contributed by atoms with Gasteiger partial charge >= 0.3 is 5.97 Å². The van der Waals surface area contributed by atoms with Gasteiger partial charge in [-0.05, 0) is 6.92 Å². The highest BCUT2D eigenvalue weighted by molar-refractivity contribution is 5.72. The summed E-state index contributed by atoms with van der Waals surface area (Å²) in [4.78, 5) is 10.0. The smallest absolute Gasteiger partial charge is 0.322 e. The second-order valence-electron chi connectivity index (χ2n) is 1.68. The van der Waals surface area contributed by atoms with Crippen molar-refractivity contribution in [1.82, 2.24) is 5.01 Å². The van der Waals surface area contributed by atoms with Crippen molar-refractivity contribution in [1.29, 1.82) is 0 Å². The normalized spacial score (nSPS) is 14.0. The lowest BCUT2D eigenvalue weighted by molar-refractivity contribution is -0.142. The minimum Gasteiger partial charge on any atom is -0.480 e. The molecule has 0 radical (unpaired) electrons. The largest absolute Gasteiger partial charge is 0.480 e. The van der Waals surface area contributed by atoms with Crippen molar-refractivity contribution in [3.05, 3.63) is 0 Å². The molecule has 0 saturated heterocycles. The van der Waals surface area contributed by atoms with Crippen LogP contribution in [0, 0.1) is 0 Å². The Labute approximate surface area is 47.9 Å². The second-order valence-corrected chi connectivity index (χ2v) is 1.68. The summed E-state index contributed by atoms with van der Waals surface area (Å²) in [6.07, 6.45) is 0. The van der Waals surface area contributed by atoms with Crippen molar-refractivity contribution < 1.29 is 9.90 Å². The van der Waals surface area contributed by atoms with Crippen molar-refractivity contribution in [2.24, 2.45) is 5.84 Å². The van der Waals surface area contributed by atoms with Crippen LogP contribution in [0.15, 0.2) is 0 Å². The first kappa shape index (κ1) is 7.39. The van der Waals surface area contributed by atoms with Gasteiger partial charge in [0.05, 0.1) is 0 Å². The number of carbonyl (C=O) groups is 1. The Kier molecular flexibility index (Phi) is 2.44. The van der Waals surface area contributed by atoms with E-state index >= 15 is 0 Å². The highest BCUT2D eigenvalue weighted by atomic mass is 16.4. The molecule has 0 fully saturated rings. The summed E-state index contributed by atoms with van der Waals surface area (Å²) in [5, 5.41) is 9.37.